The van der Waals surface area contributed by atoms with Gasteiger partial charge in [-0.15, -0.1) is 0 Å². The number of carboxylic acids is 1. The van der Waals surface area contributed by atoms with Crippen molar-refractivity contribution in [1.82, 2.24) is 10.3 Å². The Morgan fingerprint density at radius 1 is 1.50 bits per heavy atom. The van der Waals surface area contributed by atoms with Gasteiger partial charge in [0.25, 0.3) is 0 Å². The van der Waals surface area contributed by atoms with Gasteiger partial charge in [0.15, 0.2) is 0 Å². The van der Waals surface area contributed by atoms with Crippen LogP contribution in [-0.4, -0.2) is 34.6 Å². The maximum absolute atomic E-state index is 11.9. The Bertz CT molecular complexity index is 458. The molecule has 18 heavy (non-hydrogen) atoms. The maximum atomic E-state index is 11.9. The summed E-state index contributed by atoms with van der Waals surface area (Å²) >= 11 is 0. The lowest BCUT2D eigenvalue weighted by Gasteiger charge is -2.14. The molecule has 0 spiro atoms. The van der Waals surface area contributed by atoms with Gasteiger partial charge in [-0.25, -0.2) is 9.78 Å². The summed E-state index contributed by atoms with van der Waals surface area (Å²) in [4.78, 5) is 26.3. The molecule has 1 aromatic heterocycles. The minimum atomic E-state index is -1.08. The zero-order valence-corrected chi connectivity index (χ0v) is 10.0. The SMILES string of the molecule is CC1NCCC1C(=O)Nc1ccc(C(=O)O)nc1. The topological polar surface area (TPSA) is 91.3 Å². The fraction of sp³-hybridized carbons (Fsp3) is 0.417. The largest absolute Gasteiger partial charge is 0.477 e. The molecule has 3 N–H and O–H groups in total. The average molecular weight is 249 g/mol. The van der Waals surface area contributed by atoms with Crippen molar-refractivity contribution in [2.24, 2.45) is 5.92 Å². The number of nitrogens with one attached hydrogen (secondary N) is 2. The summed E-state index contributed by atoms with van der Waals surface area (Å²) in [5.74, 6) is -1.19. The van der Waals surface area contributed by atoms with E-state index in [1.165, 1.54) is 12.3 Å². The van der Waals surface area contributed by atoms with E-state index in [0.717, 1.165) is 13.0 Å². The maximum Gasteiger partial charge on any atom is 0.354 e. The molecule has 1 aliphatic rings. The summed E-state index contributed by atoms with van der Waals surface area (Å²) in [5, 5.41) is 14.7. The second-order valence-corrected chi connectivity index (χ2v) is 4.36. The molecule has 2 heterocycles. The van der Waals surface area contributed by atoms with Gasteiger partial charge in [0.1, 0.15) is 5.69 Å². The molecular weight excluding hydrogens is 234 g/mol. The van der Waals surface area contributed by atoms with E-state index in [9.17, 15) is 9.59 Å². The van der Waals surface area contributed by atoms with Gasteiger partial charge < -0.3 is 15.7 Å². The third-order valence-electron chi connectivity index (χ3n) is 3.11. The van der Waals surface area contributed by atoms with E-state index in [0.29, 0.717) is 5.69 Å². The summed E-state index contributed by atoms with van der Waals surface area (Å²) in [6, 6.07) is 3.08. The van der Waals surface area contributed by atoms with Crippen molar-refractivity contribution >= 4 is 17.6 Å². The van der Waals surface area contributed by atoms with Crippen LogP contribution in [0.1, 0.15) is 23.8 Å². The third-order valence-corrected chi connectivity index (χ3v) is 3.11. The number of carboxylic acid groups (broad SMARTS) is 1. The van der Waals surface area contributed by atoms with Gasteiger partial charge in [0, 0.05) is 6.04 Å². The van der Waals surface area contributed by atoms with Crippen LogP contribution in [0.2, 0.25) is 0 Å². The molecule has 1 aliphatic heterocycles. The first kappa shape index (κ1) is 12.5. The van der Waals surface area contributed by atoms with Crippen molar-refractivity contribution in [2.75, 3.05) is 11.9 Å². The first-order valence-corrected chi connectivity index (χ1v) is 5.81. The van der Waals surface area contributed by atoms with Crippen LogP contribution in [0.3, 0.4) is 0 Å². The molecule has 6 heteroatoms. The number of amides is 1. The summed E-state index contributed by atoms with van der Waals surface area (Å²) in [6.45, 7) is 2.82. The van der Waals surface area contributed by atoms with Crippen LogP contribution in [0.15, 0.2) is 18.3 Å². The number of hydrogen-bond acceptors (Lipinski definition) is 4. The van der Waals surface area contributed by atoms with Gasteiger partial charge in [-0.3, -0.25) is 4.79 Å². The fourth-order valence-electron chi connectivity index (χ4n) is 2.05. The molecule has 1 amide bonds. The summed E-state index contributed by atoms with van der Waals surface area (Å²) in [6.07, 6.45) is 2.17. The Balaban J connectivity index is 2.00. The van der Waals surface area contributed by atoms with Crippen molar-refractivity contribution in [3.8, 4) is 0 Å². The van der Waals surface area contributed by atoms with Gasteiger partial charge in [0.2, 0.25) is 5.91 Å². The molecule has 0 radical (unpaired) electrons. The third kappa shape index (κ3) is 2.65. The minimum absolute atomic E-state index is 0.0381. The van der Waals surface area contributed by atoms with Gasteiger partial charge in [-0.2, -0.15) is 0 Å². The lowest BCUT2D eigenvalue weighted by Crippen LogP contribution is -2.32. The van der Waals surface area contributed by atoms with Gasteiger partial charge >= 0.3 is 5.97 Å². The Morgan fingerprint density at radius 3 is 2.78 bits per heavy atom. The lowest BCUT2D eigenvalue weighted by molar-refractivity contribution is -0.120. The monoisotopic (exact) mass is 249 g/mol. The highest BCUT2D eigenvalue weighted by Gasteiger charge is 2.29. The zero-order chi connectivity index (χ0) is 13.1. The normalized spacial score (nSPS) is 22.7. The molecule has 96 valence electrons. The van der Waals surface area contributed by atoms with E-state index >= 15 is 0 Å². The highest BCUT2D eigenvalue weighted by molar-refractivity contribution is 5.93. The quantitative estimate of drug-likeness (QED) is 0.734. The second-order valence-electron chi connectivity index (χ2n) is 4.36. The number of hydrogen-bond donors (Lipinski definition) is 3. The van der Waals surface area contributed by atoms with E-state index in [-0.39, 0.29) is 23.6 Å². The smallest absolute Gasteiger partial charge is 0.354 e. The van der Waals surface area contributed by atoms with Crippen LogP contribution >= 0.6 is 0 Å². The second kappa shape index (κ2) is 5.14. The van der Waals surface area contributed by atoms with E-state index < -0.39 is 5.97 Å². The highest BCUT2D eigenvalue weighted by Crippen LogP contribution is 2.17. The number of aromatic carboxylic acids is 1. The van der Waals surface area contributed by atoms with Crippen molar-refractivity contribution in [2.45, 2.75) is 19.4 Å². The number of anilines is 1. The first-order valence-electron chi connectivity index (χ1n) is 5.81. The van der Waals surface area contributed by atoms with Crippen molar-refractivity contribution in [3.05, 3.63) is 24.0 Å². The van der Waals surface area contributed by atoms with Crippen LogP contribution in [0.25, 0.3) is 0 Å². The molecule has 2 unspecified atom stereocenters. The molecule has 6 nitrogen and oxygen atoms in total. The molecule has 2 atom stereocenters. The van der Waals surface area contributed by atoms with Crippen molar-refractivity contribution in [1.29, 1.82) is 0 Å². The zero-order valence-electron chi connectivity index (χ0n) is 10.0. The number of aromatic nitrogens is 1. The molecular formula is C12H15N3O3. The van der Waals surface area contributed by atoms with Gasteiger partial charge in [-0.05, 0) is 32.0 Å². The number of nitrogens with zero attached hydrogens (tertiary/aromatic N) is 1. The number of pyridine rings is 1. The van der Waals surface area contributed by atoms with Crippen molar-refractivity contribution in [3.63, 3.8) is 0 Å². The molecule has 0 bridgehead atoms. The Morgan fingerprint density at radius 2 is 2.28 bits per heavy atom. The Kier molecular flexibility index (Phi) is 3.57. The van der Waals surface area contributed by atoms with Crippen LogP contribution in [-0.2, 0) is 4.79 Å². The minimum Gasteiger partial charge on any atom is -0.477 e. The van der Waals surface area contributed by atoms with Crippen LogP contribution in [0, 0.1) is 5.92 Å². The first-order chi connectivity index (χ1) is 8.58. The predicted octanol–water partition coefficient (Wildman–Crippen LogP) is 0.716. The number of carbonyl (C=O) groups is 2. The summed E-state index contributed by atoms with van der Waals surface area (Å²) in [7, 11) is 0. The Hall–Kier alpha value is -1.95. The molecule has 0 saturated carbocycles. The van der Waals surface area contributed by atoms with E-state index in [4.69, 9.17) is 5.11 Å². The molecule has 0 aromatic carbocycles. The number of rotatable bonds is 3. The summed E-state index contributed by atoms with van der Waals surface area (Å²) in [5.41, 5.74) is 0.480. The van der Waals surface area contributed by atoms with E-state index in [1.807, 2.05) is 6.92 Å². The average Bonchev–Trinajstić information content (AvgIpc) is 2.76. The Labute approximate surface area is 104 Å². The number of carbonyl (C=O) groups excluding carboxylic acids is 1. The lowest BCUT2D eigenvalue weighted by atomic mass is 10.0. The van der Waals surface area contributed by atoms with Crippen LogP contribution in [0.4, 0.5) is 5.69 Å². The van der Waals surface area contributed by atoms with Gasteiger partial charge in [-0.1, -0.05) is 0 Å². The molecule has 1 aromatic rings. The standard InChI is InChI=1S/C12H15N3O3/c1-7-9(4-5-13-7)11(16)15-8-2-3-10(12(17)18)14-6-8/h2-3,6-7,9,13H,4-5H2,1H3,(H,15,16)(H,17,18). The predicted molar refractivity (Wildman–Crippen MR) is 65.4 cm³/mol. The van der Waals surface area contributed by atoms with Gasteiger partial charge in [0.05, 0.1) is 17.8 Å². The van der Waals surface area contributed by atoms with Crippen LogP contribution in [0.5, 0.6) is 0 Å². The summed E-state index contributed by atoms with van der Waals surface area (Å²) < 4.78 is 0. The fourth-order valence-corrected chi connectivity index (χ4v) is 2.05. The highest BCUT2D eigenvalue weighted by atomic mass is 16.4. The van der Waals surface area contributed by atoms with Crippen LogP contribution < -0.4 is 10.6 Å². The molecule has 2 rings (SSSR count). The molecule has 0 aliphatic carbocycles. The molecule has 1 fully saturated rings. The van der Waals surface area contributed by atoms with Crippen molar-refractivity contribution < 1.29 is 14.7 Å². The van der Waals surface area contributed by atoms with E-state index in [2.05, 4.69) is 15.6 Å². The van der Waals surface area contributed by atoms with E-state index in [1.54, 1.807) is 6.07 Å². The molecule has 1 saturated heterocycles.